The second-order valence-electron chi connectivity index (χ2n) is 8.16. The lowest BCUT2D eigenvalue weighted by atomic mass is 9.78. The molecule has 1 fully saturated rings. The van der Waals surface area contributed by atoms with Gasteiger partial charge in [0.15, 0.2) is 0 Å². The predicted molar refractivity (Wildman–Crippen MR) is 114 cm³/mol. The molecular formula is C25H35F3O. The number of rotatable bonds is 10. The zero-order chi connectivity index (χ0) is 21.1. The van der Waals surface area contributed by atoms with Crippen LogP contribution in [0.2, 0.25) is 0 Å². The summed E-state index contributed by atoms with van der Waals surface area (Å²) in [5.41, 5.74) is 1.12. The van der Waals surface area contributed by atoms with Crippen LogP contribution in [0.5, 0.6) is 5.75 Å². The van der Waals surface area contributed by atoms with E-state index < -0.39 is 6.36 Å². The van der Waals surface area contributed by atoms with E-state index in [0.717, 1.165) is 43.6 Å². The van der Waals surface area contributed by atoms with Gasteiger partial charge in [0.2, 0.25) is 0 Å². The molecule has 0 saturated heterocycles. The summed E-state index contributed by atoms with van der Waals surface area (Å²) in [6.07, 6.45) is 15.3. The molecule has 1 aromatic carbocycles. The summed E-state index contributed by atoms with van der Waals surface area (Å²) in [7, 11) is 0. The summed E-state index contributed by atoms with van der Waals surface area (Å²) >= 11 is 0. The summed E-state index contributed by atoms with van der Waals surface area (Å²) in [6.45, 7) is 4.35. The quantitative estimate of drug-likeness (QED) is 0.278. The van der Waals surface area contributed by atoms with E-state index >= 15 is 0 Å². The van der Waals surface area contributed by atoms with E-state index in [1.54, 1.807) is 12.1 Å². The van der Waals surface area contributed by atoms with E-state index in [9.17, 15) is 13.2 Å². The van der Waals surface area contributed by atoms with E-state index in [0.29, 0.717) is 11.8 Å². The highest BCUT2D eigenvalue weighted by Crippen LogP contribution is 2.37. The average Bonchev–Trinajstić information content (AvgIpc) is 2.68. The van der Waals surface area contributed by atoms with Crippen LogP contribution in [0, 0.1) is 11.8 Å². The van der Waals surface area contributed by atoms with Gasteiger partial charge in [0.05, 0.1) is 0 Å². The third-order valence-corrected chi connectivity index (χ3v) is 5.83. The third kappa shape index (κ3) is 9.10. The molecule has 1 aliphatic carbocycles. The molecule has 1 nitrogen and oxygen atoms in total. The number of halogens is 3. The van der Waals surface area contributed by atoms with Gasteiger partial charge in [-0.2, -0.15) is 0 Å². The van der Waals surface area contributed by atoms with Crippen LogP contribution in [0.3, 0.4) is 0 Å². The molecule has 2 rings (SSSR count). The van der Waals surface area contributed by atoms with Gasteiger partial charge < -0.3 is 4.74 Å². The number of unbranched alkanes of at least 4 members (excludes halogenated alkanes) is 1. The Kier molecular flexibility index (Phi) is 9.83. The van der Waals surface area contributed by atoms with E-state index in [1.165, 1.54) is 37.8 Å². The molecule has 4 heteroatoms. The minimum atomic E-state index is -4.63. The van der Waals surface area contributed by atoms with Crippen molar-refractivity contribution in [2.75, 3.05) is 0 Å². The molecular weight excluding hydrogens is 373 g/mol. The topological polar surface area (TPSA) is 9.23 Å². The normalized spacial score (nSPS) is 21.7. The van der Waals surface area contributed by atoms with E-state index in [2.05, 4.69) is 42.9 Å². The van der Waals surface area contributed by atoms with Crippen molar-refractivity contribution in [3.63, 3.8) is 0 Å². The maximum Gasteiger partial charge on any atom is 0.573 e. The number of hydrogen-bond donors (Lipinski definition) is 0. The summed E-state index contributed by atoms with van der Waals surface area (Å²) in [6, 6.07) is 6.40. The Morgan fingerprint density at radius 2 is 1.76 bits per heavy atom. The van der Waals surface area contributed by atoms with Crippen molar-refractivity contribution in [3.05, 3.63) is 54.1 Å². The SMILES string of the molecule is C/C=C/C(CCC)CCC/C=C/C1CCC(c2ccc(OC(F)(F)F)cc2)CC1. The molecule has 1 aliphatic rings. The number of benzene rings is 1. The first-order chi connectivity index (χ1) is 13.9. The number of allylic oxidation sites excluding steroid dienone is 4. The Morgan fingerprint density at radius 1 is 1.07 bits per heavy atom. The van der Waals surface area contributed by atoms with Crippen LogP contribution in [-0.4, -0.2) is 6.36 Å². The number of ether oxygens (including phenoxy) is 1. The molecule has 162 valence electrons. The maximum atomic E-state index is 12.3. The van der Waals surface area contributed by atoms with Gasteiger partial charge in [-0.25, -0.2) is 0 Å². The Bertz CT molecular complexity index is 622. The zero-order valence-electron chi connectivity index (χ0n) is 17.8. The van der Waals surface area contributed by atoms with Crippen LogP contribution in [0.15, 0.2) is 48.6 Å². The predicted octanol–water partition coefficient (Wildman–Crippen LogP) is 8.58. The highest BCUT2D eigenvalue weighted by atomic mass is 19.4. The molecule has 1 saturated carbocycles. The monoisotopic (exact) mass is 408 g/mol. The molecule has 0 radical (unpaired) electrons. The summed E-state index contributed by atoms with van der Waals surface area (Å²) in [4.78, 5) is 0. The fourth-order valence-corrected chi connectivity index (χ4v) is 4.35. The minimum Gasteiger partial charge on any atom is -0.406 e. The van der Waals surface area contributed by atoms with Gasteiger partial charge >= 0.3 is 6.36 Å². The smallest absolute Gasteiger partial charge is 0.406 e. The van der Waals surface area contributed by atoms with Crippen molar-refractivity contribution >= 4 is 0 Å². The van der Waals surface area contributed by atoms with E-state index in [1.807, 2.05) is 0 Å². The van der Waals surface area contributed by atoms with Gasteiger partial charge in [-0.05, 0) is 93.7 Å². The summed E-state index contributed by atoms with van der Waals surface area (Å²) in [5.74, 6) is 1.66. The van der Waals surface area contributed by atoms with Crippen LogP contribution in [0.1, 0.15) is 83.1 Å². The Balaban J connectivity index is 1.70. The van der Waals surface area contributed by atoms with Crippen LogP contribution in [-0.2, 0) is 0 Å². The van der Waals surface area contributed by atoms with Gasteiger partial charge in [0.1, 0.15) is 5.75 Å². The molecule has 0 spiro atoms. The first-order valence-electron chi connectivity index (χ1n) is 11.1. The lowest BCUT2D eigenvalue weighted by Crippen LogP contribution is -2.17. The first-order valence-corrected chi connectivity index (χ1v) is 11.1. The van der Waals surface area contributed by atoms with Gasteiger partial charge in [-0.3, -0.25) is 0 Å². The van der Waals surface area contributed by atoms with Crippen LogP contribution >= 0.6 is 0 Å². The van der Waals surface area contributed by atoms with Crippen molar-refractivity contribution in [3.8, 4) is 5.75 Å². The van der Waals surface area contributed by atoms with E-state index in [4.69, 9.17) is 0 Å². The lowest BCUT2D eigenvalue weighted by molar-refractivity contribution is -0.274. The van der Waals surface area contributed by atoms with E-state index in [-0.39, 0.29) is 5.75 Å². The van der Waals surface area contributed by atoms with Gasteiger partial charge in [-0.15, -0.1) is 13.2 Å². The summed E-state index contributed by atoms with van der Waals surface area (Å²) in [5, 5.41) is 0. The molecule has 0 bridgehead atoms. The van der Waals surface area contributed by atoms with Crippen molar-refractivity contribution in [2.45, 2.75) is 83.9 Å². The van der Waals surface area contributed by atoms with Crippen LogP contribution in [0.25, 0.3) is 0 Å². The van der Waals surface area contributed by atoms with Crippen molar-refractivity contribution < 1.29 is 17.9 Å². The van der Waals surface area contributed by atoms with Gasteiger partial charge in [-0.1, -0.05) is 49.8 Å². The molecule has 1 unspecified atom stereocenters. The fraction of sp³-hybridized carbons (Fsp3) is 0.600. The standard InChI is InChI=1S/C25H35F3O/c1-3-8-20(9-4-2)10-6-5-7-11-21-12-14-22(15-13-21)23-16-18-24(19-17-23)29-25(26,27)28/h3,7-8,11,16-22H,4-6,9-10,12-15H2,1-2H3/b8-3+,11-7+. The molecule has 0 heterocycles. The van der Waals surface area contributed by atoms with Gasteiger partial charge in [0, 0.05) is 0 Å². The maximum absolute atomic E-state index is 12.3. The van der Waals surface area contributed by atoms with Crippen molar-refractivity contribution in [1.82, 2.24) is 0 Å². The number of hydrogen-bond acceptors (Lipinski definition) is 1. The second-order valence-corrected chi connectivity index (χ2v) is 8.16. The second kappa shape index (κ2) is 12.1. The molecule has 0 N–H and O–H groups in total. The highest BCUT2D eigenvalue weighted by Gasteiger charge is 2.31. The number of alkyl halides is 3. The van der Waals surface area contributed by atoms with Crippen LogP contribution in [0.4, 0.5) is 13.2 Å². The minimum absolute atomic E-state index is 0.145. The Hall–Kier alpha value is -1.71. The molecule has 0 amide bonds. The highest BCUT2D eigenvalue weighted by molar-refractivity contribution is 5.30. The average molecular weight is 409 g/mol. The van der Waals surface area contributed by atoms with Crippen LogP contribution < -0.4 is 4.74 Å². The van der Waals surface area contributed by atoms with Crippen molar-refractivity contribution in [2.24, 2.45) is 11.8 Å². The lowest BCUT2D eigenvalue weighted by Gasteiger charge is -2.27. The first kappa shape index (κ1) is 23.6. The third-order valence-electron chi connectivity index (χ3n) is 5.83. The Morgan fingerprint density at radius 3 is 2.34 bits per heavy atom. The largest absolute Gasteiger partial charge is 0.573 e. The Labute approximate surface area is 174 Å². The summed E-state index contributed by atoms with van der Waals surface area (Å²) < 4.78 is 40.8. The van der Waals surface area contributed by atoms with Crippen molar-refractivity contribution in [1.29, 1.82) is 0 Å². The molecule has 29 heavy (non-hydrogen) atoms. The molecule has 1 aromatic rings. The zero-order valence-corrected chi connectivity index (χ0v) is 17.8. The molecule has 0 aliphatic heterocycles. The molecule has 1 atom stereocenters. The fourth-order valence-electron chi connectivity index (χ4n) is 4.35. The van der Waals surface area contributed by atoms with Gasteiger partial charge in [0.25, 0.3) is 0 Å². The molecule has 0 aromatic heterocycles.